The average Bonchev–Trinajstić information content (AvgIpc) is 3.00. The molecule has 3 rings (SSSR count). The molecule has 0 radical (unpaired) electrons. The molecule has 0 fully saturated rings. The average molecular weight is 310 g/mol. The summed E-state index contributed by atoms with van der Waals surface area (Å²) in [5.74, 6) is 0.0396. The lowest BCUT2D eigenvalue weighted by Crippen LogP contribution is -2.01. The Hall–Kier alpha value is -2.32. The molecule has 3 aromatic rings. The Morgan fingerprint density at radius 2 is 1.68 bits per heavy atom. The summed E-state index contributed by atoms with van der Waals surface area (Å²) in [7, 11) is 0. The second-order valence-electron chi connectivity index (χ2n) is 5.12. The van der Waals surface area contributed by atoms with Gasteiger partial charge in [0.25, 0.3) is 0 Å². The topological polar surface area (TPSA) is 22.0 Å². The van der Waals surface area contributed by atoms with Crippen molar-refractivity contribution >= 4 is 17.4 Å². The number of hydrogen-bond acceptors (Lipinski definition) is 1. The van der Waals surface area contributed by atoms with Crippen LogP contribution in [0.2, 0.25) is 5.02 Å². The molecule has 0 bridgehead atoms. The van der Waals surface area contributed by atoms with Gasteiger partial charge in [0.1, 0.15) is 0 Å². The molecule has 0 amide bonds. The molecule has 0 aliphatic carbocycles. The van der Waals surface area contributed by atoms with E-state index in [9.17, 15) is 4.79 Å². The molecule has 0 atom stereocenters. The summed E-state index contributed by atoms with van der Waals surface area (Å²) in [5, 5.41) is 0.689. The third-order valence-corrected chi connectivity index (χ3v) is 3.93. The highest BCUT2D eigenvalue weighted by Gasteiger charge is 2.17. The Kier molecular flexibility index (Phi) is 4.12. The standard InChI is InChI=1S/C19H16ClNO/c1-2-21-12-17(14-8-10-16(20)11-9-14)18(13-21)19(22)15-6-4-3-5-7-15/h3-13H,2H2,1H3. The van der Waals surface area contributed by atoms with Crippen LogP contribution in [-0.2, 0) is 6.54 Å². The van der Waals surface area contributed by atoms with Gasteiger partial charge in [-0.15, -0.1) is 0 Å². The second kappa shape index (κ2) is 6.20. The fourth-order valence-corrected chi connectivity index (χ4v) is 2.60. The van der Waals surface area contributed by atoms with E-state index in [1.165, 1.54) is 0 Å². The van der Waals surface area contributed by atoms with Crippen LogP contribution in [0.4, 0.5) is 0 Å². The summed E-state index contributed by atoms with van der Waals surface area (Å²) < 4.78 is 2.03. The zero-order valence-corrected chi connectivity index (χ0v) is 13.0. The minimum absolute atomic E-state index is 0.0396. The van der Waals surface area contributed by atoms with E-state index in [0.29, 0.717) is 10.6 Å². The van der Waals surface area contributed by atoms with E-state index in [4.69, 9.17) is 11.6 Å². The number of hydrogen-bond donors (Lipinski definition) is 0. The molecule has 2 aromatic carbocycles. The number of nitrogens with zero attached hydrogens (tertiary/aromatic N) is 1. The summed E-state index contributed by atoms with van der Waals surface area (Å²) in [5.41, 5.74) is 3.35. The number of carbonyl (C=O) groups is 1. The van der Waals surface area contributed by atoms with Gasteiger partial charge in [0.15, 0.2) is 5.78 Å². The van der Waals surface area contributed by atoms with Gasteiger partial charge in [0.05, 0.1) is 0 Å². The van der Waals surface area contributed by atoms with Gasteiger partial charge >= 0.3 is 0 Å². The van der Waals surface area contributed by atoms with Crippen molar-refractivity contribution in [3.8, 4) is 11.1 Å². The van der Waals surface area contributed by atoms with Crippen LogP contribution in [0.15, 0.2) is 67.0 Å². The molecule has 0 aliphatic heterocycles. The fourth-order valence-electron chi connectivity index (χ4n) is 2.48. The summed E-state index contributed by atoms with van der Waals surface area (Å²) >= 11 is 5.96. The van der Waals surface area contributed by atoms with Gasteiger partial charge in [-0.3, -0.25) is 4.79 Å². The van der Waals surface area contributed by atoms with Crippen molar-refractivity contribution < 1.29 is 4.79 Å². The molecular weight excluding hydrogens is 294 g/mol. The number of aryl methyl sites for hydroxylation is 1. The third kappa shape index (κ3) is 2.83. The quantitative estimate of drug-likeness (QED) is 0.617. The Morgan fingerprint density at radius 1 is 1.00 bits per heavy atom. The zero-order valence-electron chi connectivity index (χ0n) is 12.3. The van der Waals surface area contributed by atoms with E-state index < -0.39 is 0 Å². The van der Waals surface area contributed by atoms with E-state index in [1.807, 2.05) is 71.6 Å². The van der Waals surface area contributed by atoms with Gasteiger partial charge < -0.3 is 4.57 Å². The normalized spacial score (nSPS) is 10.6. The highest BCUT2D eigenvalue weighted by Crippen LogP contribution is 2.28. The van der Waals surface area contributed by atoms with Crippen LogP contribution in [0.5, 0.6) is 0 Å². The Labute approximate surface area is 135 Å². The maximum atomic E-state index is 12.8. The molecule has 0 saturated heterocycles. The molecule has 0 spiro atoms. The van der Waals surface area contributed by atoms with Gasteiger partial charge in [0, 0.05) is 40.7 Å². The maximum Gasteiger partial charge on any atom is 0.195 e. The maximum absolute atomic E-state index is 12.8. The number of benzene rings is 2. The first-order valence-corrected chi connectivity index (χ1v) is 7.62. The van der Waals surface area contributed by atoms with Gasteiger partial charge in [-0.1, -0.05) is 54.1 Å². The van der Waals surface area contributed by atoms with Gasteiger partial charge in [-0.05, 0) is 24.6 Å². The lowest BCUT2D eigenvalue weighted by atomic mass is 9.98. The first-order chi connectivity index (χ1) is 10.7. The predicted octanol–water partition coefficient (Wildman–Crippen LogP) is 5.06. The van der Waals surface area contributed by atoms with Crippen LogP contribution >= 0.6 is 11.6 Å². The first-order valence-electron chi connectivity index (χ1n) is 7.24. The van der Waals surface area contributed by atoms with Crippen molar-refractivity contribution in [2.24, 2.45) is 0 Å². The largest absolute Gasteiger partial charge is 0.353 e. The molecule has 1 heterocycles. The number of ketones is 1. The summed E-state index contributed by atoms with van der Waals surface area (Å²) in [4.78, 5) is 12.8. The van der Waals surface area contributed by atoms with E-state index >= 15 is 0 Å². The van der Waals surface area contributed by atoms with Crippen LogP contribution < -0.4 is 0 Å². The molecule has 110 valence electrons. The number of halogens is 1. The van der Waals surface area contributed by atoms with Crippen molar-refractivity contribution in [2.75, 3.05) is 0 Å². The van der Waals surface area contributed by atoms with Crippen LogP contribution in [0.25, 0.3) is 11.1 Å². The molecular formula is C19H16ClNO. The Morgan fingerprint density at radius 3 is 2.32 bits per heavy atom. The smallest absolute Gasteiger partial charge is 0.195 e. The van der Waals surface area contributed by atoms with E-state index in [0.717, 1.165) is 23.2 Å². The minimum Gasteiger partial charge on any atom is -0.353 e. The Bertz CT molecular complexity index is 788. The lowest BCUT2D eigenvalue weighted by molar-refractivity contribution is 0.103. The van der Waals surface area contributed by atoms with Crippen LogP contribution in [0.3, 0.4) is 0 Å². The number of aromatic nitrogens is 1. The molecule has 0 aliphatic rings. The fraction of sp³-hybridized carbons (Fsp3) is 0.105. The lowest BCUT2D eigenvalue weighted by Gasteiger charge is -2.04. The SMILES string of the molecule is CCn1cc(C(=O)c2ccccc2)c(-c2ccc(Cl)cc2)c1. The predicted molar refractivity (Wildman–Crippen MR) is 90.4 cm³/mol. The van der Waals surface area contributed by atoms with Crippen molar-refractivity contribution in [3.05, 3.63) is 83.1 Å². The molecule has 0 N–H and O–H groups in total. The van der Waals surface area contributed by atoms with Crippen molar-refractivity contribution in [1.82, 2.24) is 4.57 Å². The van der Waals surface area contributed by atoms with Crippen molar-refractivity contribution in [1.29, 1.82) is 0 Å². The van der Waals surface area contributed by atoms with Gasteiger partial charge in [0.2, 0.25) is 0 Å². The van der Waals surface area contributed by atoms with Crippen molar-refractivity contribution in [2.45, 2.75) is 13.5 Å². The van der Waals surface area contributed by atoms with Gasteiger partial charge in [-0.25, -0.2) is 0 Å². The molecule has 0 unspecified atom stereocenters. The second-order valence-corrected chi connectivity index (χ2v) is 5.55. The van der Waals surface area contributed by atoms with E-state index in [2.05, 4.69) is 6.92 Å². The highest BCUT2D eigenvalue weighted by molar-refractivity contribution is 6.30. The first kappa shape index (κ1) is 14.6. The highest BCUT2D eigenvalue weighted by atomic mass is 35.5. The molecule has 22 heavy (non-hydrogen) atoms. The summed E-state index contributed by atoms with van der Waals surface area (Å²) in [6.45, 7) is 2.88. The molecule has 0 saturated carbocycles. The third-order valence-electron chi connectivity index (χ3n) is 3.68. The summed E-state index contributed by atoms with van der Waals surface area (Å²) in [6.07, 6.45) is 3.93. The monoisotopic (exact) mass is 309 g/mol. The van der Waals surface area contributed by atoms with Crippen LogP contribution in [-0.4, -0.2) is 10.4 Å². The summed E-state index contributed by atoms with van der Waals surface area (Å²) in [6, 6.07) is 16.9. The van der Waals surface area contributed by atoms with E-state index in [-0.39, 0.29) is 5.78 Å². The number of rotatable bonds is 4. The zero-order chi connectivity index (χ0) is 15.5. The number of carbonyl (C=O) groups excluding carboxylic acids is 1. The van der Waals surface area contributed by atoms with Crippen LogP contribution in [0, 0.1) is 0 Å². The van der Waals surface area contributed by atoms with Crippen LogP contribution in [0.1, 0.15) is 22.8 Å². The molecule has 3 heteroatoms. The Balaban J connectivity index is 2.09. The minimum atomic E-state index is 0.0396. The van der Waals surface area contributed by atoms with E-state index in [1.54, 1.807) is 0 Å². The van der Waals surface area contributed by atoms with Crippen molar-refractivity contribution in [3.63, 3.8) is 0 Å². The molecule has 2 nitrogen and oxygen atoms in total. The van der Waals surface area contributed by atoms with Gasteiger partial charge in [-0.2, -0.15) is 0 Å². The molecule has 1 aromatic heterocycles.